The standard InChI is InChI=1S/C13H17ClN2O4/c1-19-11-3-2-9(14)6-10(11)16-12(17)15-7-13(18)4-5-20-8-13/h2-3,6,18H,4-5,7-8H2,1H3,(H2,15,16,17)/t13-/m1/s1. The number of benzene rings is 1. The van der Waals surface area contributed by atoms with Crippen LogP contribution >= 0.6 is 11.6 Å². The number of hydrogen-bond donors (Lipinski definition) is 3. The van der Waals surface area contributed by atoms with Crippen molar-refractivity contribution in [3.05, 3.63) is 23.2 Å². The van der Waals surface area contributed by atoms with Gasteiger partial charge < -0.3 is 25.2 Å². The van der Waals surface area contributed by atoms with Crippen LogP contribution in [0.2, 0.25) is 5.02 Å². The van der Waals surface area contributed by atoms with Gasteiger partial charge in [0.25, 0.3) is 0 Å². The van der Waals surface area contributed by atoms with E-state index in [0.717, 1.165) is 0 Å². The Morgan fingerprint density at radius 3 is 3.05 bits per heavy atom. The Labute approximate surface area is 122 Å². The molecule has 3 N–H and O–H groups in total. The van der Waals surface area contributed by atoms with Gasteiger partial charge >= 0.3 is 6.03 Å². The maximum absolute atomic E-state index is 11.8. The molecule has 0 unspecified atom stereocenters. The molecular formula is C13H17ClN2O4. The van der Waals surface area contributed by atoms with Crippen LogP contribution in [-0.2, 0) is 4.74 Å². The molecule has 0 saturated carbocycles. The van der Waals surface area contributed by atoms with E-state index in [1.54, 1.807) is 18.2 Å². The molecule has 1 aromatic carbocycles. The zero-order valence-electron chi connectivity index (χ0n) is 11.1. The molecule has 1 aromatic rings. The molecule has 1 aliphatic rings. The van der Waals surface area contributed by atoms with Crippen LogP contribution in [0.15, 0.2) is 18.2 Å². The van der Waals surface area contributed by atoms with Crippen molar-refractivity contribution in [3.8, 4) is 5.75 Å². The molecule has 0 aliphatic carbocycles. The van der Waals surface area contributed by atoms with Crippen LogP contribution in [0.5, 0.6) is 5.75 Å². The van der Waals surface area contributed by atoms with E-state index in [9.17, 15) is 9.90 Å². The number of nitrogens with one attached hydrogen (secondary N) is 2. The number of rotatable bonds is 4. The SMILES string of the molecule is COc1ccc(Cl)cc1NC(=O)NC[C@]1(O)CCOC1. The molecule has 2 rings (SSSR count). The normalized spacial score (nSPS) is 21.6. The first-order chi connectivity index (χ1) is 9.52. The molecule has 1 atom stereocenters. The lowest BCUT2D eigenvalue weighted by molar-refractivity contribution is 0.0295. The highest BCUT2D eigenvalue weighted by atomic mass is 35.5. The minimum absolute atomic E-state index is 0.127. The number of hydrogen-bond acceptors (Lipinski definition) is 4. The Bertz CT molecular complexity index is 489. The average molecular weight is 301 g/mol. The first-order valence-electron chi connectivity index (χ1n) is 6.21. The topological polar surface area (TPSA) is 79.8 Å². The number of anilines is 1. The van der Waals surface area contributed by atoms with Crippen molar-refractivity contribution < 1.29 is 19.4 Å². The van der Waals surface area contributed by atoms with E-state index in [2.05, 4.69) is 10.6 Å². The van der Waals surface area contributed by atoms with Gasteiger partial charge in [-0.1, -0.05) is 11.6 Å². The fraction of sp³-hybridized carbons (Fsp3) is 0.462. The van der Waals surface area contributed by atoms with Crippen molar-refractivity contribution in [2.45, 2.75) is 12.0 Å². The van der Waals surface area contributed by atoms with Crippen molar-refractivity contribution in [3.63, 3.8) is 0 Å². The summed E-state index contributed by atoms with van der Waals surface area (Å²) in [5, 5.41) is 15.8. The second-order valence-electron chi connectivity index (χ2n) is 4.68. The molecule has 110 valence electrons. The number of methoxy groups -OCH3 is 1. The Morgan fingerprint density at radius 2 is 2.40 bits per heavy atom. The van der Waals surface area contributed by atoms with Gasteiger partial charge in [0, 0.05) is 18.1 Å². The summed E-state index contributed by atoms with van der Waals surface area (Å²) in [7, 11) is 1.50. The van der Waals surface area contributed by atoms with Crippen molar-refractivity contribution in [2.75, 3.05) is 32.2 Å². The summed E-state index contributed by atoms with van der Waals surface area (Å²) in [6, 6.07) is 4.48. The zero-order valence-corrected chi connectivity index (χ0v) is 11.9. The number of carbonyl (C=O) groups is 1. The third-order valence-corrected chi connectivity index (χ3v) is 3.31. The van der Waals surface area contributed by atoms with E-state index >= 15 is 0 Å². The second kappa shape index (κ2) is 6.30. The number of urea groups is 1. The van der Waals surface area contributed by atoms with E-state index in [0.29, 0.717) is 29.5 Å². The lowest BCUT2D eigenvalue weighted by atomic mass is 10.0. The minimum atomic E-state index is -0.990. The van der Waals surface area contributed by atoms with Crippen LogP contribution in [-0.4, -0.2) is 43.6 Å². The minimum Gasteiger partial charge on any atom is -0.495 e. The number of amides is 2. The molecule has 2 amide bonds. The number of aliphatic hydroxyl groups is 1. The summed E-state index contributed by atoms with van der Waals surface area (Å²) in [6.45, 7) is 0.859. The summed E-state index contributed by atoms with van der Waals surface area (Å²) in [5.41, 5.74) is -0.525. The van der Waals surface area contributed by atoms with Gasteiger partial charge in [-0.2, -0.15) is 0 Å². The van der Waals surface area contributed by atoms with Crippen LogP contribution in [0, 0.1) is 0 Å². The van der Waals surface area contributed by atoms with Crippen molar-refractivity contribution in [2.24, 2.45) is 0 Å². The highest BCUT2D eigenvalue weighted by Crippen LogP contribution is 2.27. The fourth-order valence-corrected chi connectivity index (χ4v) is 2.10. The summed E-state index contributed by atoms with van der Waals surface area (Å²) >= 11 is 5.88. The number of ether oxygens (including phenoxy) is 2. The van der Waals surface area contributed by atoms with Gasteiger partial charge in [0.2, 0.25) is 0 Å². The molecule has 20 heavy (non-hydrogen) atoms. The Balaban J connectivity index is 1.92. The predicted octanol–water partition coefficient (Wildman–Crippen LogP) is 1.62. The molecular weight excluding hydrogens is 284 g/mol. The molecule has 1 fully saturated rings. The largest absolute Gasteiger partial charge is 0.495 e. The van der Waals surface area contributed by atoms with E-state index in [-0.39, 0.29) is 13.2 Å². The van der Waals surface area contributed by atoms with Gasteiger partial charge in [-0.15, -0.1) is 0 Å². The zero-order chi connectivity index (χ0) is 14.6. The molecule has 1 heterocycles. The van der Waals surface area contributed by atoms with Gasteiger partial charge in [0.1, 0.15) is 11.4 Å². The second-order valence-corrected chi connectivity index (χ2v) is 5.12. The summed E-state index contributed by atoms with van der Waals surface area (Å²) < 4.78 is 10.2. The van der Waals surface area contributed by atoms with Crippen LogP contribution in [0.25, 0.3) is 0 Å². The summed E-state index contributed by atoms with van der Waals surface area (Å²) in [4.78, 5) is 11.8. The lowest BCUT2D eigenvalue weighted by Crippen LogP contribution is -2.44. The molecule has 0 bridgehead atoms. The molecule has 6 nitrogen and oxygen atoms in total. The third-order valence-electron chi connectivity index (χ3n) is 3.07. The first kappa shape index (κ1) is 14.9. The maximum Gasteiger partial charge on any atom is 0.319 e. The van der Waals surface area contributed by atoms with Gasteiger partial charge in [-0.25, -0.2) is 4.79 Å². The van der Waals surface area contributed by atoms with E-state index < -0.39 is 11.6 Å². The van der Waals surface area contributed by atoms with Gasteiger partial charge in [0.15, 0.2) is 0 Å². The summed E-state index contributed by atoms with van der Waals surface area (Å²) in [5.74, 6) is 0.507. The van der Waals surface area contributed by atoms with Crippen LogP contribution in [0.3, 0.4) is 0 Å². The fourth-order valence-electron chi connectivity index (χ4n) is 1.93. The molecule has 1 aliphatic heterocycles. The molecule has 0 aromatic heterocycles. The van der Waals surface area contributed by atoms with Crippen LogP contribution in [0.4, 0.5) is 10.5 Å². The van der Waals surface area contributed by atoms with Gasteiger partial charge in [-0.3, -0.25) is 0 Å². The maximum atomic E-state index is 11.8. The summed E-state index contributed by atoms with van der Waals surface area (Å²) in [6.07, 6.45) is 0.508. The number of halogens is 1. The molecule has 1 saturated heterocycles. The third kappa shape index (κ3) is 3.75. The van der Waals surface area contributed by atoms with Crippen LogP contribution < -0.4 is 15.4 Å². The van der Waals surface area contributed by atoms with E-state index in [1.165, 1.54) is 7.11 Å². The monoisotopic (exact) mass is 300 g/mol. The Kier molecular flexibility index (Phi) is 4.69. The van der Waals surface area contributed by atoms with Crippen LogP contribution in [0.1, 0.15) is 6.42 Å². The Morgan fingerprint density at radius 1 is 1.60 bits per heavy atom. The van der Waals surface area contributed by atoms with Crippen molar-refractivity contribution in [1.82, 2.24) is 5.32 Å². The molecule has 0 radical (unpaired) electrons. The van der Waals surface area contributed by atoms with E-state index in [4.69, 9.17) is 21.1 Å². The lowest BCUT2D eigenvalue weighted by Gasteiger charge is -2.21. The predicted molar refractivity (Wildman–Crippen MR) is 75.4 cm³/mol. The number of carbonyl (C=O) groups excluding carboxylic acids is 1. The molecule has 0 spiro atoms. The first-order valence-corrected chi connectivity index (χ1v) is 6.59. The highest BCUT2D eigenvalue weighted by molar-refractivity contribution is 6.31. The van der Waals surface area contributed by atoms with Crippen molar-refractivity contribution in [1.29, 1.82) is 0 Å². The quantitative estimate of drug-likeness (QED) is 0.789. The highest BCUT2D eigenvalue weighted by Gasteiger charge is 2.32. The van der Waals surface area contributed by atoms with Crippen molar-refractivity contribution >= 4 is 23.3 Å². The van der Waals surface area contributed by atoms with Gasteiger partial charge in [-0.05, 0) is 18.2 Å². The smallest absolute Gasteiger partial charge is 0.319 e. The molecule has 7 heteroatoms. The Hall–Kier alpha value is -1.50. The average Bonchev–Trinajstić information content (AvgIpc) is 2.84. The van der Waals surface area contributed by atoms with Gasteiger partial charge in [0.05, 0.1) is 25.9 Å². The van der Waals surface area contributed by atoms with E-state index in [1.807, 2.05) is 0 Å².